The lowest BCUT2D eigenvalue weighted by Crippen LogP contribution is -2.20. The van der Waals surface area contributed by atoms with Crippen LogP contribution in [0.2, 0.25) is 0 Å². The van der Waals surface area contributed by atoms with E-state index in [2.05, 4.69) is 9.97 Å². The van der Waals surface area contributed by atoms with Crippen LogP contribution in [-0.4, -0.2) is 25.4 Å². The van der Waals surface area contributed by atoms with E-state index in [0.717, 1.165) is 36.7 Å². The number of aryl methyl sites for hydroxylation is 1. The number of imidazole rings is 1. The topological polar surface area (TPSA) is 68.0 Å². The zero-order valence-electron chi connectivity index (χ0n) is 17.7. The number of fused-ring (bicyclic) bond motifs is 1. The molecule has 0 radical (unpaired) electrons. The Balaban J connectivity index is 1.38. The molecule has 1 N–H and O–H groups in total. The van der Waals surface area contributed by atoms with Crippen molar-refractivity contribution in [2.24, 2.45) is 0 Å². The second kappa shape index (κ2) is 9.40. The van der Waals surface area contributed by atoms with Gasteiger partial charge < -0.3 is 9.67 Å². The van der Waals surface area contributed by atoms with Gasteiger partial charge in [0.2, 0.25) is 0 Å². The first-order valence-corrected chi connectivity index (χ1v) is 11.0. The number of pyridine rings is 1. The average molecular weight is 445 g/mol. The van der Waals surface area contributed by atoms with Gasteiger partial charge in [-0.3, -0.25) is 4.79 Å². The van der Waals surface area contributed by atoms with E-state index >= 15 is 0 Å². The number of aromatic nitrogens is 3. The van der Waals surface area contributed by atoms with E-state index in [1.165, 1.54) is 6.07 Å². The van der Waals surface area contributed by atoms with Crippen LogP contribution in [0.5, 0.6) is 0 Å². The number of halogens is 3. The minimum atomic E-state index is -4.49. The molecule has 1 fully saturated rings. The van der Waals surface area contributed by atoms with Gasteiger partial charge in [0.1, 0.15) is 22.8 Å². The Morgan fingerprint density at radius 3 is 2.50 bits per heavy atom. The molecular formula is C24H26F3N3O2. The number of aliphatic hydroxyl groups excluding tert-OH is 1. The van der Waals surface area contributed by atoms with Crippen molar-refractivity contribution < 1.29 is 23.1 Å². The van der Waals surface area contributed by atoms with Crippen LogP contribution in [0.4, 0.5) is 13.2 Å². The molecule has 0 bridgehead atoms. The monoisotopic (exact) mass is 445 g/mol. The highest BCUT2D eigenvalue weighted by Gasteiger charge is 2.34. The molecule has 170 valence electrons. The molecule has 2 aromatic heterocycles. The van der Waals surface area contributed by atoms with Gasteiger partial charge in [0.05, 0.1) is 6.10 Å². The number of nitrogens with zero attached hydrogens (tertiary/aromatic N) is 3. The van der Waals surface area contributed by atoms with Gasteiger partial charge in [0, 0.05) is 25.3 Å². The number of hydrogen-bond acceptors (Lipinski definition) is 4. The average Bonchev–Trinajstić information content (AvgIpc) is 3.07. The maximum atomic E-state index is 13.1. The van der Waals surface area contributed by atoms with E-state index in [1.807, 2.05) is 22.8 Å². The Morgan fingerprint density at radius 1 is 1.09 bits per heavy atom. The van der Waals surface area contributed by atoms with Gasteiger partial charge >= 0.3 is 6.18 Å². The van der Waals surface area contributed by atoms with Crippen LogP contribution < -0.4 is 0 Å². The third-order valence-corrected chi connectivity index (χ3v) is 6.05. The van der Waals surface area contributed by atoms with Gasteiger partial charge in [-0.25, -0.2) is 9.97 Å². The van der Waals surface area contributed by atoms with Crippen molar-refractivity contribution in [3.8, 4) is 0 Å². The Kier molecular flexibility index (Phi) is 6.60. The van der Waals surface area contributed by atoms with E-state index in [-0.39, 0.29) is 18.2 Å². The highest BCUT2D eigenvalue weighted by molar-refractivity contribution is 5.79. The quantitative estimate of drug-likeness (QED) is 0.437. The van der Waals surface area contributed by atoms with Gasteiger partial charge in [-0.1, -0.05) is 30.3 Å². The van der Waals surface area contributed by atoms with E-state index in [9.17, 15) is 23.1 Å². The van der Waals surface area contributed by atoms with Crippen molar-refractivity contribution in [1.29, 1.82) is 0 Å². The summed E-state index contributed by atoms with van der Waals surface area (Å²) in [5, 5.41) is 10.2. The molecule has 1 aromatic carbocycles. The molecule has 2 heterocycles. The van der Waals surface area contributed by atoms with Crippen molar-refractivity contribution in [2.75, 3.05) is 0 Å². The Bertz CT molecular complexity index is 1080. The predicted octanol–water partition coefficient (Wildman–Crippen LogP) is 5.58. The summed E-state index contributed by atoms with van der Waals surface area (Å²) in [5.74, 6) is 0.721. The van der Waals surface area contributed by atoms with Crippen LogP contribution in [0, 0.1) is 0 Å². The van der Waals surface area contributed by atoms with Crippen molar-refractivity contribution in [3.63, 3.8) is 0 Å². The predicted molar refractivity (Wildman–Crippen MR) is 114 cm³/mol. The summed E-state index contributed by atoms with van der Waals surface area (Å²) in [6.45, 7) is 0. The fourth-order valence-corrected chi connectivity index (χ4v) is 4.10. The van der Waals surface area contributed by atoms with Crippen LogP contribution in [-0.2, 0) is 17.4 Å². The Labute approximate surface area is 184 Å². The third kappa shape index (κ3) is 5.01. The van der Waals surface area contributed by atoms with Crippen molar-refractivity contribution in [1.82, 2.24) is 14.5 Å². The summed E-state index contributed by atoms with van der Waals surface area (Å²) in [5.41, 5.74) is 0.587. The summed E-state index contributed by atoms with van der Waals surface area (Å²) in [6.07, 6.45) is -0.111. The zero-order valence-corrected chi connectivity index (χ0v) is 17.7. The van der Waals surface area contributed by atoms with Crippen molar-refractivity contribution >= 4 is 16.9 Å². The largest absolute Gasteiger partial charge is 0.433 e. The molecule has 8 heteroatoms. The van der Waals surface area contributed by atoms with Crippen LogP contribution in [0.3, 0.4) is 0 Å². The highest BCUT2D eigenvalue weighted by Crippen LogP contribution is 2.36. The summed E-state index contributed by atoms with van der Waals surface area (Å²) in [6, 6.07) is 11.6. The number of carbonyl (C=O) groups excluding carboxylic acids is 1. The number of Topliss-reactive ketones (excluding diaryl/α,β-unsaturated/α-hetero) is 1. The normalized spacial score (nSPS) is 15.6. The standard InChI is InChI=1S/C24H26F3N3O2/c25-24(26,27)21-14-13-19-23(29-21)30(17-9-6-10-17)22(28-19)12-5-4-11-18(31)15-20(32)16-7-2-1-3-8-16/h1-3,7-8,13-14,17,20,32H,4-6,9-12,15H2/t20-/m1/s1. The van der Waals surface area contributed by atoms with E-state index in [0.29, 0.717) is 36.8 Å². The van der Waals surface area contributed by atoms with E-state index in [4.69, 9.17) is 0 Å². The molecule has 5 nitrogen and oxygen atoms in total. The lowest BCUT2D eigenvalue weighted by molar-refractivity contribution is -0.141. The molecule has 4 rings (SSSR count). The highest BCUT2D eigenvalue weighted by atomic mass is 19.4. The fraction of sp³-hybridized carbons (Fsp3) is 0.458. The Hall–Kier alpha value is -2.74. The number of unbranched alkanes of at least 4 members (excludes halogenated alkanes) is 1. The van der Waals surface area contributed by atoms with Gasteiger partial charge in [-0.15, -0.1) is 0 Å². The van der Waals surface area contributed by atoms with Crippen LogP contribution in [0.15, 0.2) is 42.5 Å². The van der Waals surface area contributed by atoms with E-state index in [1.54, 1.807) is 12.1 Å². The molecule has 1 saturated carbocycles. The van der Waals surface area contributed by atoms with Gasteiger partial charge in [-0.2, -0.15) is 13.2 Å². The molecule has 1 aliphatic rings. The van der Waals surface area contributed by atoms with Crippen molar-refractivity contribution in [2.45, 2.75) is 69.7 Å². The van der Waals surface area contributed by atoms with Crippen LogP contribution in [0.1, 0.15) is 74.2 Å². The van der Waals surface area contributed by atoms with Gasteiger partial charge in [-0.05, 0) is 49.8 Å². The minimum absolute atomic E-state index is 0.00895. The molecule has 1 atom stereocenters. The molecule has 0 spiro atoms. The molecule has 1 aliphatic carbocycles. The molecule has 32 heavy (non-hydrogen) atoms. The first kappa shape index (κ1) is 22.5. The summed E-state index contributed by atoms with van der Waals surface area (Å²) >= 11 is 0. The second-order valence-corrected chi connectivity index (χ2v) is 8.40. The number of carbonyl (C=O) groups is 1. The molecule has 0 saturated heterocycles. The number of aliphatic hydroxyl groups is 1. The number of hydrogen-bond donors (Lipinski definition) is 1. The maximum absolute atomic E-state index is 13.1. The first-order valence-electron chi connectivity index (χ1n) is 11.0. The van der Waals surface area contributed by atoms with Crippen molar-refractivity contribution in [3.05, 3.63) is 59.5 Å². The minimum Gasteiger partial charge on any atom is -0.388 e. The molecule has 0 amide bonds. The SMILES string of the molecule is O=C(CCCCc1nc2ccc(C(F)(F)F)nc2n1C1CCC1)C[C@@H](O)c1ccccc1. The number of alkyl halides is 3. The third-order valence-electron chi connectivity index (χ3n) is 6.05. The van der Waals surface area contributed by atoms with Gasteiger partial charge in [0.15, 0.2) is 5.65 Å². The maximum Gasteiger partial charge on any atom is 0.433 e. The number of rotatable bonds is 9. The van der Waals surface area contributed by atoms with E-state index < -0.39 is 18.0 Å². The number of ketones is 1. The summed E-state index contributed by atoms with van der Waals surface area (Å²) in [4.78, 5) is 20.7. The molecule has 0 aliphatic heterocycles. The van der Waals surface area contributed by atoms with Gasteiger partial charge in [0.25, 0.3) is 0 Å². The fourth-order valence-electron chi connectivity index (χ4n) is 4.10. The van der Waals surface area contributed by atoms with Crippen LogP contribution in [0.25, 0.3) is 11.2 Å². The lowest BCUT2D eigenvalue weighted by Gasteiger charge is -2.28. The molecule has 3 aromatic rings. The number of benzene rings is 1. The molecular weight excluding hydrogens is 419 g/mol. The van der Waals surface area contributed by atoms with Crippen LogP contribution >= 0.6 is 0 Å². The Morgan fingerprint density at radius 2 is 1.84 bits per heavy atom. The smallest absolute Gasteiger partial charge is 0.388 e. The summed E-state index contributed by atoms with van der Waals surface area (Å²) < 4.78 is 41.3. The second-order valence-electron chi connectivity index (χ2n) is 8.40. The summed E-state index contributed by atoms with van der Waals surface area (Å²) in [7, 11) is 0. The molecule has 0 unspecified atom stereocenters. The first-order chi connectivity index (χ1) is 15.3. The zero-order chi connectivity index (χ0) is 22.7. The lowest BCUT2D eigenvalue weighted by atomic mass is 9.92.